The van der Waals surface area contributed by atoms with Gasteiger partial charge in [-0.3, -0.25) is 14.3 Å². The number of nitrogens with one attached hydrogen (secondary N) is 1. The molecule has 6 heteroatoms. The highest BCUT2D eigenvalue weighted by Crippen LogP contribution is 2.24. The van der Waals surface area contributed by atoms with E-state index in [2.05, 4.69) is 10.4 Å². The van der Waals surface area contributed by atoms with Crippen LogP contribution in [-0.4, -0.2) is 34.7 Å². The Morgan fingerprint density at radius 2 is 2.13 bits per heavy atom. The van der Waals surface area contributed by atoms with Crippen molar-refractivity contribution in [2.24, 2.45) is 13.0 Å². The van der Waals surface area contributed by atoms with Gasteiger partial charge >= 0.3 is 0 Å². The Kier molecular flexibility index (Phi) is 4.41. The molecule has 0 unspecified atom stereocenters. The van der Waals surface area contributed by atoms with Crippen LogP contribution < -0.4 is 10.2 Å². The topological polar surface area (TPSA) is 67.2 Å². The van der Waals surface area contributed by atoms with E-state index >= 15 is 0 Å². The first-order valence-electron chi connectivity index (χ1n) is 7.74. The summed E-state index contributed by atoms with van der Waals surface area (Å²) < 4.78 is 1.65. The van der Waals surface area contributed by atoms with Crippen LogP contribution in [-0.2, 0) is 23.1 Å². The van der Waals surface area contributed by atoms with Gasteiger partial charge in [0.1, 0.15) is 0 Å². The van der Waals surface area contributed by atoms with Gasteiger partial charge in [0.2, 0.25) is 11.8 Å². The summed E-state index contributed by atoms with van der Waals surface area (Å²) in [5, 5.41) is 7.00. The predicted octanol–water partition coefficient (Wildman–Crippen LogP) is 1.13. The van der Waals surface area contributed by atoms with Gasteiger partial charge in [-0.25, -0.2) is 0 Å². The Bertz CT molecular complexity index is 696. The molecule has 0 saturated carbocycles. The van der Waals surface area contributed by atoms with Crippen LogP contribution in [0, 0.1) is 5.92 Å². The maximum absolute atomic E-state index is 12.3. The van der Waals surface area contributed by atoms with Gasteiger partial charge in [-0.15, -0.1) is 0 Å². The molecule has 1 aliphatic rings. The Morgan fingerprint density at radius 3 is 2.83 bits per heavy atom. The summed E-state index contributed by atoms with van der Waals surface area (Å²) in [6.45, 7) is 1.00. The summed E-state index contributed by atoms with van der Waals surface area (Å²) in [5.41, 5.74) is 1.93. The molecule has 1 aliphatic heterocycles. The van der Waals surface area contributed by atoms with Crippen LogP contribution in [0.4, 0.5) is 5.69 Å². The molecule has 0 radical (unpaired) electrons. The summed E-state index contributed by atoms with van der Waals surface area (Å²) >= 11 is 0. The van der Waals surface area contributed by atoms with Crippen LogP contribution in [0.2, 0.25) is 0 Å². The largest absolute Gasteiger partial charge is 0.355 e. The molecule has 2 heterocycles. The lowest BCUT2D eigenvalue weighted by Gasteiger charge is -2.14. The van der Waals surface area contributed by atoms with Gasteiger partial charge in [0.15, 0.2) is 0 Å². The smallest absolute Gasteiger partial charge is 0.227 e. The van der Waals surface area contributed by atoms with Crippen molar-refractivity contribution in [1.29, 1.82) is 0 Å². The van der Waals surface area contributed by atoms with Crippen LogP contribution in [0.1, 0.15) is 12.0 Å². The highest BCUT2D eigenvalue weighted by Gasteiger charge is 2.35. The third kappa shape index (κ3) is 3.59. The Morgan fingerprint density at radius 1 is 1.35 bits per heavy atom. The van der Waals surface area contributed by atoms with Crippen LogP contribution in [0.5, 0.6) is 0 Å². The number of anilines is 1. The number of hydrogen-bond donors (Lipinski definition) is 1. The molecule has 0 spiro atoms. The number of hydrogen-bond acceptors (Lipinski definition) is 3. The van der Waals surface area contributed by atoms with Gasteiger partial charge in [-0.05, 0) is 12.0 Å². The zero-order chi connectivity index (χ0) is 16.2. The summed E-state index contributed by atoms with van der Waals surface area (Å²) in [7, 11) is 1.80. The first-order chi connectivity index (χ1) is 11.1. The molecule has 2 aromatic rings. The van der Waals surface area contributed by atoms with Crippen molar-refractivity contribution in [3.8, 4) is 0 Å². The molecule has 1 aromatic heterocycles. The molecule has 1 atom stereocenters. The molecule has 1 fully saturated rings. The number of aromatic nitrogens is 2. The second kappa shape index (κ2) is 6.64. The second-order valence-corrected chi connectivity index (χ2v) is 5.80. The number of nitrogens with zero attached hydrogens (tertiary/aromatic N) is 3. The minimum absolute atomic E-state index is 0.0267. The van der Waals surface area contributed by atoms with Gasteiger partial charge in [-0.2, -0.15) is 5.10 Å². The monoisotopic (exact) mass is 312 g/mol. The van der Waals surface area contributed by atoms with Crippen LogP contribution >= 0.6 is 0 Å². The van der Waals surface area contributed by atoms with Crippen molar-refractivity contribution in [3.05, 3.63) is 48.3 Å². The minimum atomic E-state index is -0.293. The van der Waals surface area contributed by atoms with Crippen LogP contribution in [0.3, 0.4) is 0 Å². The van der Waals surface area contributed by atoms with Gasteiger partial charge < -0.3 is 10.2 Å². The van der Waals surface area contributed by atoms with Gasteiger partial charge in [0, 0.05) is 32.8 Å². The fourth-order valence-corrected chi connectivity index (χ4v) is 2.80. The third-order valence-electron chi connectivity index (χ3n) is 4.05. The molecule has 120 valence electrons. The van der Waals surface area contributed by atoms with Gasteiger partial charge in [0.25, 0.3) is 0 Å². The fourth-order valence-electron chi connectivity index (χ4n) is 2.80. The molecule has 0 bridgehead atoms. The number of amides is 2. The Balaban J connectivity index is 1.51. The van der Waals surface area contributed by atoms with E-state index in [0.29, 0.717) is 13.1 Å². The average molecular weight is 312 g/mol. The summed E-state index contributed by atoms with van der Waals surface area (Å²) in [6, 6.07) is 10.0. The molecule has 0 aliphatic carbocycles. The van der Waals surface area contributed by atoms with E-state index in [-0.39, 0.29) is 24.2 Å². The van der Waals surface area contributed by atoms with E-state index in [1.807, 2.05) is 30.3 Å². The first kappa shape index (κ1) is 15.3. The molecule has 2 amide bonds. The lowest BCUT2D eigenvalue weighted by molar-refractivity contribution is -0.126. The number of rotatable bonds is 5. The summed E-state index contributed by atoms with van der Waals surface area (Å²) in [6.07, 6.45) is 4.48. The average Bonchev–Trinajstić information content (AvgIpc) is 3.14. The predicted molar refractivity (Wildman–Crippen MR) is 86.8 cm³/mol. The van der Waals surface area contributed by atoms with Crippen molar-refractivity contribution in [3.63, 3.8) is 0 Å². The van der Waals surface area contributed by atoms with Crippen molar-refractivity contribution in [2.75, 3.05) is 18.0 Å². The molecule has 23 heavy (non-hydrogen) atoms. The molecular weight excluding hydrogens is 292 g/mol. The maximum atomic E-state index is 12.3. The van der Waals surface area contributed by atoms with E-state index in [9.17, 15) is 9.59 Å². The van der Waals surface area contributed by atoms with E-state index in [4.69, 9.17) is 0 Å². The lowest BCUT2D eigenvalue weighted by Crippen LogP contribution is -2.34. The lowest BCUT2D eigenvalue weighted by atomic mass is 10.1. The van der Waals surface area contributed by atoms with E-state index < -0.39 is 0 Å². The molecule has 1 saturated heterocycles. The number of benzene rings is 1. The van der Waals surface area contributed by atoms with Gasteiger partial charge in [0.05, 0.1) is 17.8 Å². The zero-order valence-corrected chi connectivity index (χ0v) is 13.1. The summed E-state index contributed by atoms with van der Waals surface area (Å²) in [5.74, 6) is -0.375. The van der Waals surface area contributed by atoms with Crippen molar-refractivity contribution in [2.45, 2.75) is 12.8 Å². The third-order valence-corrected chi connectivity index (χ3v) is 4.05. The molecule has 3 rings (SSSR count). The van der Waals surface area contributed by atoms with E-state index in [1.54, 1.807) is 29.0 Å². The zero-order valence-electron chi connectivity index (χ0n) is 13.1. The van der Waals surface area contributed by atoms with E-state index in [0.717, 1.165) is 12.1 Å². The van der Waals surface area contributed by atoms with Gasteiger partial charge in [-0.1, -0.05) is 30.3 Å². The Hall–Kier alpha value is -2.63. The number of carbonyl (C=O) groups excluding carboxylic acids is 2. The molecule has 1 aromatic carbocycles. The Labute approximate surface area is 135 Å². The van der Waals surface area contributed by atoms with Crippen molar-refractivity contribution in [1.82, 2.24) is 15.1 Å². The minimum Gasteiger partial charge on any atom is -0.355 e. The molecule has 1 N–H and O–H groups in total. The fraction of sp³-hybridized carbons (Fsp3) is 0.353. The quantitative estimate of drug-likeness (QED) is 0.900. The van der Waals surface area contributed by atoms with Crippen LogP contribution in [0.15, 0.2) is 42.7 Å². The standard InChI is InChI=1S/C17H20N4O2/c1-20-12-15(10-19-20)21-11-14(9-16(21)22)17(23)18-8-7-13-5-3-2-4-6-13/h2-6,10,12,14H,7-9,11H2,1H3,(H,18,23)/t14-/m0/s1. The van der Waals surface area contributed by atoms with Crippen molar-refractivity contribution < 1.29 is 9.59 Å². The number of carbonyl (C=O) groups is 2. The molecule has 6 nitrogen and oxygen atoms in total. The normalized spacial score (nSPS) is 17.5. The highest BCUT2D eigenvalue weighted by molar-refractivity contribution is 6.00. The van der Waals surface area contributed by atoms with Crippen LogP contribution in [0.25, 0.3) is 0 Å². The second-order valence-electron chi connectivity index (χ2n) is 5.80. The molecular formula is C17H20N4O2. The summed E-state index contributed by atoms with van der Waals surface area (Å²) in [4.78, 5) is 26.0. The SMILES string of the molecule is Cn1cc(N2C[C@@H](C(=O)NCCc3ccccc3)CC2=O)cn1. The van der Waals surface area contributed by atoms with Crippen molar-refractivity contribution >= 4 is 17.5 Å². The maximum Gasteiger partial charge on any atom is 0.227 e. The first-order valence-corrected chi connectivity index (χ1v) is 7.74. The number of aryl methyl sites for hydroxylation is 1. The van der Waals surface area contributed by atoms with E-state index in [1.165, 1.54) is 5.56 Å². The highest BCUT2D eigenvalue weighted by atomic mass is 16.2.